The number of carboxylic acid groups (broad SMARTS) is 1. The molecular formula is C18H20O4. The van der Waals surface area contributed by atoms with E-state index in [4.69, 9.17) is 9.47 Å². The Morgan fingerprint density at radius 1 is 1.09 bits per heavy atom. The molecule has 0 fully saturated rings. The molecule has 4 heteroatoms. The van der Waals surface area contributed by atoms with E-state index in [1.165, 1.54) is 6.07 Å². The number of aromatic carboxylic acids is 1. The van der Waals surface area contributed by atoms with Gasteiger partial charge in [-0.2, -0.15) is 0 Å². The molecule has 2 aromatic rings. The molecule has 0 heterocycles. The van der Waals surface area contributed by atoms with Crippen LogP contribution in [0.1, 0.15) is 29.8 Å². The van der Waals surface area contributed by atoms with Crippen molar-refractivity contribution >= 4 is 5.97 Å². The molecule has 0 bridgehead atoms. The molecule has 4 nitrogen and oxygen atoms in total. The Bertz CT molecular complexity index is 620. The van der Waals surface area contributed by atoms with Gasteiger partial charge in [-0.3, -0.25) is 0 Å². The highest BCUT2D eigenvalue weighted by molar-refractivity contribution is 5.91. The maximum Gasteiger partial charge on any atom is 0.339 e. The van der Waals surface area contributed by atoms with Gasteiger partial charge >= 0.3 is 5.97 Å². The third-order valence-corrected chi connectivity index (χ3v) is 3.00. The molecule has 0 amide bonds. The van der Waals surface area contributed by atoms with Crippen LogP contribution in [0.4, 0.5) is 0 Å². The molecule has 0 saturated carbocycles. The van der Waals surface area contributed by atoms with Crippen molar-refractivity contribution in [3.8, 4) is 11.5 Å². The molecule has 0 aromatic heterocycles. The average Bonchev–Trinajstić information content (AvgIpc) is 2.51. The first-order valence-corrected chi connectivity index (χ1v) is 7.23. The Morgan fingerprint density at radius 3 is 2.45 bits per heavy atom. The van der Waals surface area contributed by atoms with E-state index in [2.05, 4.69) is 13.8 Å². The highest BCUT2D eigenvalue weighted by Crippen LogP contribution is 2.26. The lowest BCUT2D eigenvalue weighted by Gasteiger charge is -2.13. The Labute approximate surface area is 130 Å². The van der Waals surface area contributed by atoms with Crippen molar-refractivity contribution in [2.75, 3.05) is 6.61 Å². The predicted molar refractivity (Wildman–Crippen MR) is 84.5 cm³/mol. The molecule has 0 saturated heterocycles. The lowest BCUT2D eigenvalue weighted by atomic mass is 10.2. The largest absolute Gasteiger partial charge is 0.493 e. The van der Waals surface area contributed by atoms with Crippen LogP contribution in [0, 0.1) is 5.92 Å². The summed E-state index contributed by atoms with van der Waals surface area (Å²) in [5, 5.41) is 9.25. The second-order valence-corrected chi connectivity index (χ2v) is 5.44. The first kappa shape index (κ1) is 15.9. The monoisotopic (exact) mass is 300 g/mol. The van der Waals surface area contributed by atoms with Crippen molar-refractivity contribution in [2.24, 2.45) is 5.92 Å². The van der Waals surface area contributed by atoms with Gasteiger partial charge < -0.3 is 14.6 Å². The summed E-state index contributed by atoms with van der Waals surface area (Å²) in [7, 11) is 0. The van der Waals surface area contributed by atoms with Gasteiger partial charge in [-0.25, -0.2) is 4.79 Å². The van der Waals surface area contributed by atoms with Gasteiger partial charge in [-0.15, -0.1) is 0 Å². The van der Waals surface area contributed by atoms with E-state index in [1.54, 1.807) is 12.1 Å². The number of carboxylic acids is 1. The number of benzene rings is 2. The SMILES string of the molecule is CC(C)COc1ccc(C(=O)O)c(OCc2ccccc2)c1. The minimum Gasteiger partial charge on any atom is -0.493 e. The van der Waals surface area contributed by atoms with Crippen LogP contribution >= 0.6 is 0 Å². The van der Waals surface area contributed by atoms with Gasteiger partial charge in [-0.05, 0) is 23.6 Å². The number of hydrogen-bond acceptors (Lipinski definition) is 3. The first-order valence-electron chi connectivity index (χ1n) is 7.23. The Balaban J connectivity index is 2.14. The topological polar surface area (TPSA) is 55.8 Å². The second kappa shape index (κ2) is 7.50. The standard InChI is InChI=1S/C18H20O4/c1-13(2)11-21-15-8-9-16(18(19)20)17(10-15)22-12-14-6-4-3-5-7-14/h3-10,13H,11-12H2,1-2H3,(H,19,20). The molecular weight excluding hydrogens is 280 g/mol. The van der Waals surface area contributed by atoms with Crippen LogP contribution in [0.5, 0.6) is 11.5 Å². The summed E-state index contributed by atoms with van der Waals surface area (Å²) in [6, 6.07) is 14.4. The molecule has 2 aromatic carbocycles. The number of ether oxygens (including phenoxy) is 2. The summed E-state index contributed by atoms with van der Waals surface area (Å²) in [6.07, 6.45) is 0. The second-order valence-electron chi connectivity index (χ2n) is 5.44. The zero-order valence-corrected chi connectivity index (χ0v) is 12.8. The fraction of sp³-hybridized carbons (Fsp3) is 0.278. The number of carbonyl (C=O) groups is 1. The molecule has 0 radical (unpaired) electrons. The van der Waals surface area contributed by atoms with Crippen LogP contribution in [0.25, 0.3) is 0 Å². The summed E-state index contributed by atoms with van der Waals surface area (Å²) >= 11 is 0. The van der Waals surface area contributed by atoms with Gasteiger partial charge in [0.25, 0.3) is 0 Å². The van der Waals surface area contributed by atoms with Gasteiger partial charge in [0, 0.05) is 6.07 Å². The maximum absolute atomic E-state index is 11.3. The highest BCUT2D eigenvalue weighted by atomic mass is 16.5. The van der Waals surface area contributed by atoms with E-state index in [0.717, 1.165) is 5.56 Å². The molecule has 0 atom stereocenters. The van der Waals surface area contributed by atoms with Crippen LogP contribution in [0.2, 0.25) is 0 Å². The van der Waals surface area contributed by atoms with E-state index in [-0.39, 0.29) is 5.56 Å². The van der Waals surface area contributed by atoms with Crippen LogP contribution in [0.3, 0.4) is 0 Å². The Hall–Kier alpha value is -2.49. The lowest BCUT2D eigenvalue weighted by molar-refractivity contribution is 0.0691. The molecule has 22 heavy (non-hydrogen) atoms. The minimum absolute atomic E-state index is 0.132. The molecule has 0 aliphatic heterocycles. The highest BCUT2D eigenvalue weighted by Gasteiger charge is 2.13. The molecule has 0 unspecified atom stereocenters. The van der Waals surface area contributed by atoms with Crippen LogP contribution in [-0.2, 0) is 6.61 Å². The fourth-order valence-electron chi connectivity index (χ4n) is 1.89. The quantitative estimate of drug-likeness (QED) is 0.839. The zero-order chi connectivity index (χ0) is 15.9. The van der Waals surface area contributed by atoms with Crippen molar-refractivity contribution in [3.05, 3.63) is 59.7 Å². The van der Waals surface area contributed by atoms with Gasteiger partial charge in [0.15, 0.2) is 0 Å². The first-order chi connectivity index (χ1) is 10.6. The van der Waals surface area contributed by atoms with Gasteiger partial charge in [-0.1, -0.05) is 44.2 Å². The minimum atomic E-state index is -1.02. The van der Waals surface area contributed by atoms with Gasteiger partial charge in [0.05, 0.1) is 6.61 Å². The molecule has 1 N–H and O–H groups in total. The van der Waals surface area contributed by atoms with E-state index >= 15 is 0 Å². The smallest absolute Gasteiger partial charge is 0.339 e. The summed E-state index contributed by atoms with van der Waals surface area (Å²) < 4.78 is 11.3. The summed E-state index contributed by atoms with van der Waals surface area (Å²) in [6.45, 7) is 5.00. The third kappa shape index (κ3) is 4.52. The number of rotatable bonds is 7. The Kier molecular flexibility index (Phi) is 5.42. The van der Waals surface area contributed by atoms with Crippen molar-refractivity contribution in [3.63, 3.8) is 0 Å². The summed E-state index contributed by atoms with van der Waals surface area (Å²) in [5.74, 6) is 0.311. The van der Waals surface area contributed by atoms with Crippen LogP contribution in [0.15, 0.2) is 48.5 Å². The van der Waals surface area contributed by atoms with Crippen LogP contribution in [-0.4, -0.2) is 17.7 Å². The van der Waals surface area contributed by atoms with Crippen LogP contribution < -0.4 is 9.47 Å². The normalized spacial score (nSPS) is 10.5. The summed E-state index contributed by atoms with van der Waals surface area (Å²) in [5.41, 5.74) is 1.11. The Morgan fingerprint density at radius 2 is 1.82 bits per heavy atom. The predicted octanol–water partition coefficient (Wildman–Crippen LogP) is 4.00. The molecule has 2 rings (SSSR count). The van der Waals surface area contributed by atoms with Crippen molar-refractivity contribution in [1.82, 2.24) is 0 Å². The molecule has 0 aliphatic carbocycles. The lowest BCUT2D eigenvalue weighted by Crippen LogP contribution is -2.07. The van der Waals surface area contributed by atoms with Gasteiger partial charge in [0.2, 0.25) is 0 Å². The molecule has 116 valence electrons. The van der Waals surface area contributed by atoms with Crippen molar-refractivity contribution in [2.45, 2.75) is 20.5 Å². The zero-order valence-electron chi connectivity index (χ0n) is 12.8. The van der Waals surface area contributed by atoms with E-state index in [9.17, 15) is 9.90 Å². The van der Waals surface area contributed by atoms with E-state index in [1.807, 2.05) is 30.3 Å². The molecule has 0 aliphatic rings. The number of hydrogen-bond donors (Lipinski definition) is 1. The summed E-state index contributed by atoms with van der Waals surface area (Å²) in [4.78, 5) is 11.3. The average molecular weight is 300 g/mol. The third-order valence-electron chi connectivity index (χ3n) is 3.00. The molecule has 0 spiro atoms. The fourth-order valence-corrected chi connectivity index (χ4v) is 1.89. The van der Waals surface area contributed by atoms with Crippen molar-refractivity contribution < 1.29 is 19.4 Å². The van der Waals surface area contributed by atoms with Gasteiger partial charge in [0.1, 0.15) is 23.7 Å². The van der Waals surface area contributed by atoms with E-state index in [0.29, 0.717) is 30.6 Å². The van der Waals surface area contributed by atoms with E-state index < -0.39 is 5.97 Å². The maximum atomic E-state index is 11.3. The van der Waals surface area contributed by atoms with Crippen molar-refractivity contribution in [1.29, 1.82) is 0 Å².